The van der Waals surface area contributed by atoms with Crippen LogP contribution in [0, 0.1) is 0 Å². The molecule has 0 radical (unpaired) electrons. The number of fused-ring (bicyclic) bond motifs is 1. The van der Waals surface area contributed by atoms with Crippen molar-refractivity contribution in [2.24, 2.45) is 7.05 Å². The summed E-state index contributed by atoms with van der Waals surface area (Å²) in [6, 6.07) is 11.8. The second-order valence-corrected chi connectivity index (χ2v) is 10.2. The minimum Gasteiger partial charge on any atom is -0.497 e. The summed E-state index contributed by atoms with van der Waals surface area (Å²) < 4.78 is 18.2. The van der Waals surface area contributed by atoms with E-state index >= 15 is 0 Å². The van der Waals surface area contributed by atoms with Gasteiger partial charge in [0.05, 0.1) is 49.9 Å². The number of ether oxygens (including phenoxy) is 3. The number of nitrogens with one attached hydrogen (secondary N) is 1. The number of carbonyl (C=O) groups excluding carboxylic acids is 1. The molecule has 10 nitrogen and oxygen atoms in total. The summed E-state index contributed by atoms with van der Waals surface area (Å²) >= 11 is 0. The number of aryl methyl sites for hydroxylation is 1. The summed E-state index contributed by atoms with van der Waals surface area (Å²) in [7, 11) is 5.14. The molecule has 0 aliphatic heterocycles. The lowest BCUT2D eigenvalue weighted by atomic mass is 10.1. The maximum atomic E-state index is 12.1. The number of anilines is 2. The highest BCUT2D eigenvalue weighted by Gasteiger charge is 2.17. The largest absolute Gasteiger partial charge is 0.497 e. The molecule has 0 amide bonds. The van der Waals surface area contributed by atoms with Gasteiger partial charge in [-0.2, -0.15) is 5.10 Å². The third-order valence-electron chi connectivity index (χ3n) is 5.91. The second-order valence-electron chi connectivity index (χ2n) is 10.2. The molecule has 2 heterocycles. The Kier molecular flexibility index (Phi) is 8.65. The molecule has 4 rings (SSSR count). The topological polar surface area (TPSA) is 104 Å². The third-order valence-corrected chi connectivity index (χ3v) is 5.91. The van der Waals surface area contributed by atoms with Crippen molar-refractivity contribution < 1.29 is 19.0 Å². The standard InChI is InChI=1S/C29H36N6O4/c1-29(2,3)39-28(36)18-30-10-7-11-35(22-12-23(37-5)15-24(13-22)38-6)21-8-9-25-26(14-21)33-27(17-31-25)20-16-32-34(4)19-20/h8-9,12-17,19,30H,7,10-11,18H2,1-6H3. The molecule has 10 heteroatoms. The monoisotopic (exact) mass is 532 g/mol. The average Bonchev–Trinajstić information content (AvgIpc) is 3.35. The number of carbonyl (C=O) groups is 1. The van der Waals surface area contributed by atoms with Gasteiger partial charge >= 0.3 is 5.97 Å². The first-order chi connectivity index (χ1) is 18.6. The molecule has 0 saturated carbocycles. The van der Waals surface area contributed by atoms with Crippen LogP contribution in [0.3, 0.4) is 0 Å². The van der Waals surface area contributed by atoms with Gasteiger partial charge in [-0.3, -0.25) is 14.5 Å². The quantitative estimate of drug-likeness (QED) is 0.221. The molecule has 0 fully saturated rings. The molecule has 39 heavy (non-hydrogen) atoms. The predicted molar refractivity (Wildman–Crippen MR) is 152 cm³/mol. The Morgan fingerprint density at radius 2 is 1.74 bits per heavy atom. The van der Waals surface area contributed by atoms with Crippen LogP contribution in [0.15, 0.2) is 55.0 Å². The van der Waals surface area contributed by atoms with E-state index in [1.54, 1.807) is 31.3 Å². The maximum Gasteiger partial charge on any atom is 0.320 e. The van der Waals surface area contributed by atoms with E-state index in [2.05, 4.69) is 20.3 Å². The minimum absolute atomic E-state index is 0.160. The molecule has 0 unspecified atom stereocenters. The number of esters is 1. The normalized spacial score (nSPS) is 11.4. The third kappa shape index (κ3) is 7.44. The van der Waals surface area contributed by atoms with Gasteiger partial charge in [0.25, 0.3) is 0 Å². The van der Waals surface area contributed by atoms with Crippen LogP contribution in [0.4, 0.5) is 11.4 Å². The van der Waals surface area contributed by atoms with Gasteiger partial charge in [0, 0.05) is 54.9 Å². The molecule has 206 valence electrons. The van der Waals surface area contributed by atoms with E-state index in [9.17, 15) is 4.79 Å². The van der Waals surface area contributed by atoms with Crippen molar-refractivity contribution in [3.05, 3.63) is 55.0 Å². The van der Waals surface area contributed by atoms with Gasteiger partial charge in [-0.05, 0) is 51.9 Å². The van der Waals surface area contributed by atoms with Crippen molar-refractivity contribution in [2.45, 2.75) is 32.8 Å². The molecule has 2 aromatic carbocycles. The van der Waals surface area contributed by atoms with Crippen molar-refractivity contribution in [1.29, 1.82) is 0 Å². The lowest BCUT2D eigenvalue weighted by Gasteiger charge is -2.26. The van der Waals surface area contributed by atoms with Crippen molar-refractivity contribution in [1.82, 2.24) is 25.1 Å². The Morgan fingerprint density at radius 3 is 2.38 bits per heavy atom. The van der Waals surface area contributed by atoms with Crippen LogP contribution >= 0.6 is 0 Å². The molecule has 4 aromatic rings. The summed E-state index contributed by atoms with van der Waals surface area (Å²) in [5.74, 6) is 1.11. The molecule has 0 aliphatic rings. The van der Waals surface area contributed by atoms with Crippen molar-refractivity contribution >= 4 is 28.4 Å². The van der Waals surface area contributed by atoms with E-state index < -0.39 is 5.60 Å². The molecule has 0 aliphatic carbocycles. The molecule has 0 bridgehead atoms. The van der Waals surface area contributed by atoms with E-state index in [0.29, 0.717) is 24.6 Å². The fraction of sp³-hybridized carbons (Fsp3) is 0.379. The summed E-state index contributed by atoms with van der Waals surface area (Å²) in [5.41, 5.74) is 4.59. The van der Waals surface area contributed by atoms with E-state index in [1.807, 2.05) is 70.4 Å². The zero-order valence-corrected chi connectivity index (χ0v) is 23.4. The van der Waals surface area contributed by atoms with Crippen LogP contribution in [0.5, 0.6) is 11.5 Å². The van der Waals surface area contributed by atoms with Gasteiger partial charge in [0.15, 0.2) is 0 Å². The lowest BCUT2D eigenvalue weighted by Crippen LogP contribution is -2.32. The van der Waals surface area contributed by atoms with Crippen LogP contribution in [-0.2, 0) is 16.6 Å². The summed E-state index contributed by atoms with van der Waals surface area (Å²) in [6.07, 6.45) is 6.22. The summed E-state index contributed by atoms with van der Waals surface area (Å²) in [4.78, 5) is 23.7. The van der Waals surface area contributed by atoms with E-state index in [4.69, 9.17) is 19.2 Å². The number of hydrogen-bond donors (Lipinski definition) is 1. The Bertz CT molecular complexity index is 1410. The Morgan fingerprint density at radius 1 is 1.00 bits per heavy atom. The predicted octanol–water partition coefficient (Wildman–Crippen LogP) is 4.51. The fourth-order valence-corrected chi connectivity index (χ4v) is 4.15. The van der Waals surface area contributed by atoms with Crippen LogP contribution in [-0.4, -0.2) is 65.2 Å². The van der Waals surface area contributed by atoms with Crippen LogP contribution in [0.1, 0.15) is 27.2 Å². The van der Waals surface area contributed by atoms with Gasteiger partial charge in [-0.15, -0.1) is 0 Å². The second kappa shape index (κ2) is 12.1. The molecular weight excluding hydrogens is 496 g/mol. The lowest BCUT2D eigenvalue weighted by molar-refractivity contribution is -0.153. The highest BCUT2D eigenvalue weighted by Crippen LogP contribution is 2.34. The Labute approximate surface area is 228 Å². The van der Waals surface area contributed by atoms with Crippen LogP contribution in [0.2, 0.25) is 0 Å². The molecule has 0 saturated heterocycles. The van der Waals surface area contributed by atoms with Crippen molar-refractivity contribution in [2.75, 3.05) is 38.8 Å². The van der Waals surface area contributed by atoms with E-state index in [0.717, 1.165) is 40.1 Å². The number of rotatable bonds is 11. The molecule has 2 aromatic heterocycles. The van der Waals surface area contributed by atoms with Gasteiger partial charge in [-0.25, -0.2) is 4.98 Å². The number of benzene rings is 2. The fourth-order valence-electron chi connectivity index (χ4n) is 4.15. The molecule has 1 N–H and O–H groups in total. The Balaban J connectivity index is 1.59. The zero-order valence-electron chi connectivity index (χ0n) is 23.4. The van der Waals surface area contributed by atoms with Gasteiger partial charge in [0.2, 0.25) is 0 Å². The van der Waals surface area contributed by atoms with Gasteiger partial charge in [-0.1, -0.05) is 0 Å². The van der Waals surface area contributed by atoms with Crippen molar-refractivity contribution in [3.8, 4) is 22.8 Å². The summed E-state index contributed by atoms with van der Waals surface area (Å²) in [6.45, 7) is 7.04. The first-order valence-electron chi connectivity index (χ1n) is 12.8. The summed E-state index contributed by atoms with van der Waals surface area (Å²) in [5, 5.41) is 7.44. The number of aromatic nitrogens is 4. The minimum atomic E-state index is -0.503. The average molecular weight is 533 g/mol. The van der Waals surface area contributed by atoms with E-state index in [-0.39, 0.29) is 12.5 Å². The zero-order chi connectivity index (χ0) is 28.0. The van der Waals surface area contributed by atoms with Crippen LogP contribution in [0.25, 0.3) is 22.3 Å². The highest BCUT2D eigenvalue weighted by molar-refractivity contribution is 5.82. The first kappa shape index (κ1) is 27.8. The van der Waals surface area contributed by atoms with Gasteiger partial charge < -0.3 is 24.4 Å². The molecule has 0 atom stereocenters. The number of methoxy groups -OCH3 is 2. The first-order valence-corrected chi connectivity index (χ1v) is 12.8. The number of hydrogen-bond acceptors (Lipinski definition) is 9. The Hall–Kier alpha value is -4.18. The highest BCUT2D eigenvalue weighted by atomic mass is 16.6. The van der Waals surface area contributed by atoms with Crippen molar-refractivity contribution in [3.63, 3.8) is 0 Å². The SMILES string of the molecule is COc1cc(OC)cc(N(CCCNCC(=O)OC(C)(C)C)c2ccc3ncc(-c4cnn(C)c4)nc3c2)c1. The van der Waals surface area contributed by atoms with Crippen LogP contribution < -0.4 is 19.7 Å². The van der Waals surface area contributed by atoms with Gasteiger partial charge in [0.1, 0.15) is 17.1 Å². The maximum absolute atomic E-state index is 12.1. The smallest absolute Gasteiger partial charge is 0.320 e. The molecule has 0 spiro atoms. The molecular formula is C29H36N6O4. The van der Waals surface area contributed by atoms with E-state index in [1.165, 1.54) is 0 Å². The number of nitrogens with zero attached hydrogens (tertiary/aromatic N) is 5.